The summed E-state index contributed by atoms with van der Waals surface area (Å²) >= 11 is 1.92. The summed E-state index contributed by atoms with van der Waals surface area (Å²) in [6.07, 6.45) is 9.73. The van der Waals surface area contributed by atoms with Crippen molar-refractivity contribution in [2.75, 3.05) is 13.1 Å². The molecule has 1 heterocycles. The molecule has 3 nitrogen and oxygen atoms in total. The molecule has 4 bridgehead atoms. The van der Waals surface area contributed by atoms with Crippen LogP contribution in [0.5, 0.6) is 0 Å². The first kappa shape index (κ1) is 14.1. The maximum absolute atomic E-state index is 4.61. The van der Waals surface area contributed by atoms with Crippen LogP contribution in [0.15, 0.2) is 0 Å². The summed E-state index contributed by atoms with van der Waals surface area (Å²) in [4.78, 5) is 0. The highest BCUT2D eigenvalue weighted by molar-refractivity contribution is 7.11. The van der Waals surface area contributed by atoms with Crippen molar-refractivity contribution in [3.8, 4) is 0 Å². The van der Waals surface area contributed by atoms with Crippen molar-refractivity contribution >= 4 is 11.3 Å². The molecule has 0 aromatic carbocycles. The highest BCUT2D eigenvalue weighted by Crippen LogP contribution is 2.59. The summed E-state index contributed by atoms with van der Waals surface area (Å²) in [7, 11) is 0. The number of aryl methyl sites for hydroxylation is 1. The Balaban J connectivity index is 1.41. The predicted molar refractivity (Wildman–Crippen MR) is 86.6 cm³/mol. The molecule has 0 atom stereocenters. The van der Waals surface area contributed by atoms with Gasteiger partial charge in [0.1, 0.15) is 10.0 Å². The van der Waals surface area contributed by atoms with Crippen LogP contribution in [0.2, 0.25) is 0 Å². The summed E-state index contributed by atoms with van der Waals surface area (Å²) in [5, 5.41) is 15.1. The molecule has 5 rings (SSSR count). The summed E-state index contributed by atoms with van der Waals surface area (Å²) in [5.74, 6) is 4.73. The maximum atomic E-state index is 4.61. The van der Waals surface area contributed by atoms with E-state index in [2.05, 4.69) is 22.4 Å². The number of nitrogens with zero attached hydrogens (tertiary/aromatic N) is 2. The van der Waals surface area contributed by atoms with Gasteiger partial charge in [-0.25, -0.2) is 0 Å². The van der Waals surface area contributed by atoms with Crippen molar-refractivity contribution in [3.05, 3.63) is 10.0 Å². The molecule has 1 aromatic heterocycles. The topological polar surface area (TPSA) is 37.8 Å². The monoisotopic (exact) mass is 305 g/mol. The molecular weight excluding hydrogens is 278 g/mol. The zero-order chi connectivity index (χ0) is 14.2. The van der Waals surface area contributed by atoms with Gasteiger partial charge in [0, 0.05) is 12.3 Å². The highest BCUT2D eigenvalue weighted by atomic mass is 32.1. The van der Waals surface area contributed by atoms with Crippen LogP contribution in [-0.2, 0) is 6.42 Å². The first-order chi connectivity index (χ1) is 10.3. The molecule has 1 aromatic rings. The van der Waals surface area contributed by atoms with Crippen molar-refractivity contribution in [1.82, 2.24) is 15.5 Å². The SMILES string of the molecule is CCNCCCc1nnc(C2C3CC4CC(C3)CC2C4)s1. The van der Waals surface area contributed by atoms with Crippen LogP contribution in [0.1, 0.15) is 61.4 Å². The van der Waals surface area contributed by atoms with Crippen LogP contribution in [0.4, 0.5) is 0 Å². The van der Waals surface area contributed by atoms with E-state index in [9.17, 15) is 0 Å². The summed E-state index contributed by atoms with van der Waals surface area (Å²) in [6, 6.07) is 0. The van der Waals surface area contributed by atoms with Crippen LogP contribution in [0, 0.1) is 23.7 Å². The zero-order valence-corrected chi connectivity index (χ0v) is 13.9. The molecule has 0 aliphatic heterocycles. The molecule has 0 amide bonds. The van der Waals surface area contributed by atoms with Crippen LogP contribution in [0.25, 0.3) is 0 Å². The van der Waals surface area contributed by atoms with E-state index in [1.54, 1.807) is 0 Å². The van der Waals surface area contributed by atoms with Crippen molar-refractivity contribution in [2.45, 2.75) is 57.8 Å². The molecule has 21 heavy (non-hydrogen) atoms. The molecule has 1 N–H and O–H groups in total. The second-order valence-corrected chi connectivity index (χ2v) is 8.54. The Labute approximate surface area is 131 Å². The molecule has 0 spiro atoms. The first-order valence-corrected chi connectivity index (χ1v) is 9.68. The highest BCUT2D eigenvalue weighted by Gasteiger charge is 2.49. The van der Waals surface area contributed by atoms with Crippen LogP contribution in [0.3, 0.4) is 0 Å². The minimum absolute atomic E-state index is 0.762. The molecule has 4 aliphatic rings. The van der Waals surface area contributed by atoms with Gasteiger partial charge in [0.25, 0.3) is 0 Å². The lowest BCUT2D eigenvalue weighted by molar-refractivity contribution is -0.00303. The Bertz CT molecular complexity index is 456. The predicted octanol–water partition coefficient (Wildman–Crippen LogP) is 3.62. The van der Waals surface area contributed by atoms with Crippen molar-refractivity contribution in [3.63, 3.8) is 0 Å². The molecule has 4 aliphatic carbocycles. The molecule has 4 saturated carbocycles. The van der Waals surface area contributed by atoms with E-state index in [1.807, 2.05) is 11.3 Å². The van der Waals surface area contributed by atoms with E-state index in [-0.39, 0.29) is 0 Å². The summed E-state index contributed by atoms with van der Waals surface area (Å²) in [5.41, 5.74) is 0. The van der Waals surface area contributed by atoms with E-state index in [4.69, 9.17) is 0 Å². The summed E-state index contributed by atoms with van der Waals surface area (Å²) < 4.78 is 0. The van der Waals surface area contributed by atoms with Gasteiger partial charge >= 0.3 is 0 Å². The second-order valence-electron chi connectivity index (χ2n) is 7.45. The maximum Gasteiger partial charge on any atom is 0.121 e. The molecule has 0 radical (unpaired) electrons. The third-order valence-corrected chi connectivity index (χ3v) is 7.07. The normalized spacial score (nSPS) is 37.3. The van der Waals surface area contributed by atoms with Gasteiger partial charge < -0.3 is 5.32 Å². The van der Waals surface area contributed by atoms with Gasteiger partial charge in [0.05, 0.1) is 0 Å². The smallest absolute Gasteiger partial charge is 0.121 e. The number of aromatic nitrogens is 2. The Morgan fingerprint density at radius 2 is 1.76 bits per heavy atom. The second kappa shape index (κ2) is 5.96. The number of hydrogen-bond acceptors (Lipinski definition) is 4. The Hall–Kier alpha value is -0.480. The zero-order valence-electron chi connectivity index (χ0n) is 13.1. The molecule has 4 heteroatoms. The number of rotatable bonds is 6. The van der Waals surface area contributed by atoms with Crippen molar-refractivity contribution in [1.29, 1.82) is 0 Å². The van der Waals surface area contributed by atoms with Gasteiger partial charge in [-0.2, -0.15) is 0 Å². The van der Waals surface area contributed by atoms with Crippen LogP contribution < -0.4 is 5.32 Å². The van der Waals surface area contributed by atoms with Gasteiger partial charge in [-0.3, -0.25) is 0 Å². The number of hydrogen-bond donors (Lipinski definition) is 1. The molecule has 116 valence electrons. The standard InChI is InChI=1S/C17H27N3S/c1-2-18-5-3-4-15-19-20-17(21-15)16-13-7-11-6-12(9-13)10-14(16)8-11/h11-14,16,18H,2-10H2,1H3. The van der Waals surface area contributed by atoms with Gasteiger partial charge in [-0.1, -0.05) is 6.92 Å². The summed E-state index contributed by atoms with van der Waals surface area (Å²) in [6.45, 7) is 4.33. The van der Waals surface area contributed by atoms with Crippen LogP contribution in [-0.4, -0.2) is 23.3 Å². The third-order valence-electron chi connectivity index (χ3n) is 5.99. The van der Waals surface area contributed by atoms with Gasteiger partial charge in [0.15, 0.2) is 0 Å². The Morgan fingerprint density at radius 1 is 1.05 bits per heavy atom. The van der Waals surface area contributed by atoms with Crippen molar-refractivity contribution in [2.24, 2.45) is 23.7 Å². The van der Waals surface area contributed by atoms with Crippen LogP contribution >= 0.6 is 11.3 Å². The lowest BCUT2D eigenvalue weighted by Crippen LogP contribution is -2.43. The fraction of sp³-hybridized carbons (Fsp3) is 0.882. The third kappa shape index (κ3) is 2.77. The quantitative estimate of drug-likeness (QED) is 0.816. The number of nitrogens with one attached hydrogen (secondary N) is 1. The average molecular weight is 305 g/mol. The lowest BCUT2D eigenvalue weighted by Gasteiger charge is -2.53. The Kier molecular flexibility index (Phi) is 4.01. The van der Waals surface area contributed by atoms with E-state index in [1.165, 1.54) is 48.5 Å². The fourth-order valence-electron chi connectivity index (χ4n) is 5.37. The van der Waals surface area contributed by atoms with E-state index < -0.39 is 0 Å². The van der Waals surface area contributed by atoms with Gasteiger partial charge in [0.2, 0.25) is 0 Å². The lowest BCUT2D eigenvalue weighted by atomic mass is 9.52. The van der Waals surface area contributed by atoms with Gasteiger partial charge in [-0.15, -0.1) is 21.5 Å². The minimum atomic E-state index is 0.762. The molecule has 0 saturated heterocycles. The minimum Gasteiger partial charge on any atom is -0.317 e. The largest absolute Gasteiger partial charge is 0.317 e. The molecular formula is C17H27N3S. The first-order valence-electron chi connectivity index (χ1n) is 8.86. The molecule has 0 unspecified atom stereocenters. The average Bonchev–Trinajstić information content (AvgIpc) is 2.91. The Morgan fingerprint density at radius 3 is 2.43 bits per heavy atom. The van der Waals surface area contributed by atoms with E-state index in [0.717, 1.165) is 49.1 Å². The van der Waals surface area contributed by atoms with Crippen molar-refractivity contribution < 1.29 is 0 Å². The molecule has 4 fully saturated rings. The van der Waals surface area contributed by atoms with Gasteiger partial charge in [-0.05, 0) is 75.3 Å². The van der Waals surface area contributed by atoms with E-state index >= 15 is 0 Å². The fourth-order valence-corrected chi connectivity index (χ4v) is 6.54. The van der Waals surface area contributed by atoms with E-state index in [0.29, 0.717) is 0 Å².